The number of anilines is 2. The van der Waals surface area contributed by atoms with E-state index in [1.54, 1.807) is 4.81 Å². The van der Waals surface area contributed by atoms with Crippen LogP contribution in [0.4, 0.5) is 11.5 Å². The summed E-state index contributed by atoms with van der Waals surface area (Å²) in [6.07, 6.45) is 2.43. The third kappa shape index (κ3) is 2.03. The summed E-state index contributed by atoms with van der Waals surface area (Å²) < 4.78 is 5.72. The standard InChI is InChI=1S/C11H13BN5O3/c13-4-12-17-6-16(8-2-1-7(3-18)20-8)10-9(17)11(19)15-5-14-10/h5,7-8,18H,1-3,6H2,(H,14,15,19)/t7-,8+/m0/s1. The van der Waals surface area contributed by atoms with Gasteiger partial charge >= 0.3 is 7.41 Å². The Balaban J connectivity index is 1.91. The molecule has 3 rings (SSSR count). The third-order valence-corrected chi connectivity index (χ3v) is 3.52. The van der Waals surface area contributed by atoms with Gasteiger partial charge in [0.05, 0.1) is 25.7 Å². The Labute approximate surface area is 115 Å². The van der Waals surface area contributed by atoms with Crippen LogP contribution in [-0.2, 0) is 4.74 Å². The monoisotopic (exact) mass is 274 g/mol. The molecule has 1 saturated heterocycles. The largest absolute Gasteiger partial charge is 0.394 e. The molecule has 0 amide bonds. The van der Waals surface area contributed by atoms with E-state index < -0.39 is 0 Å². The van der Waals surface area contributed by atoms with Crippen molar-refractivity contribution in [1.29, 1.82) is 5.26 Å². The number of fused-ring (bicyclic) bond motifs is 1. The van der Waals surface area contributed by atoms with Gasteiger partial charge in [-0.1, -0.05) is 0 Å². The fourth-order valence-electron chi connectivity index (χ4n) is 2.61. The first-order valence-electron chi connectivity index (χ1n) is 6.35. The molecule has 1 aromatic heterocycles. The highest BCUT2D eigenvalue weighted by atomic mass is 16.5. The average molecular weight is 274 g/mol. The van der Waals surface area contributed by atoms with Gasteiger partial charge in [0.2, 0.25) is 0 Å². The first kappa shape index (κ1) is 13.0. The van der Waals surface area contributed by atoms with Crippen molar-refractivity contribution in [2.75, 3.05) is 23.0 Å². The fourth-order valence-corrected chi connectivity index (χ4v) is 2.61. The third-order valence-electron chi connectivity index (χ3n) is 3.52. The number of rotatable bonds is 3. The molecule has 9 heteroatoms. The predicted molar refractivity (Wildman–Crippen MR) is 71.0 cm³/mol. The SMILES string of the molecule is N#C[B]N1CN([C@H]2CC[C@@H](CO)O2)c2nc[nH]c(=O)c21. The van der Waals surface area contributed by atoms with E-state index >= 15 is 0 Å². The normalized spacial score (nSPS) is 24.6. The molecule has 2 aliphatic rings. The van der Waals surface area contributed by atoms with Crippen LogP contribution in [0.2, 0.25) is 0 Å². The van der Waals surface area contributed by atoms with Crippen LogP contribution in [0, 0.1) is 11.2 Å². The van der Waals surface area contributed by atoms with Crippen molar-refractivity contribution >= 4 is 18.9 Å². The second-order valence-electron chi connectivity index (χ2n) is 4.72. The second kappa shape index (κ2) is 5.15. The summed E-state index contributed by atoms with van der Waals surface area (Å²) in [5, 5.41) is 17.9. The van der Waals surface area contributed by atoms with E-state index in [1.807, 2.05) is 10.9 Å². The summed E-state index contributed by atoms with van der Waals surface area (Å²) in [5.41, 5.74) is 0.0609. The molecule has 0 bridgehead atoms. The van der Waals surface area contributed by atoms with E-state index in [0.29, 0.717) is 18.2 Å². The van der Waals surface area contributed by atoms with E-state index in [2.05, 4.69) is 9.97 Å². The van der Waals surface area contributed by atoms with Gasteiger partial charge in [0, 0.05) is 5.97 Å². The topological polar surface area (TPSA) is 105 Å². The Morgan fingerprint density at radius 2 is 2.50 bits per heavy atom. The molecular weight excluding hydrogens is 261 g/mol. The number of nitrogens with one attached hydrogen (secondary N) is 1. The lowest BCUT2D eigenvalue weighted by atomic mass is 9.95. The summed E-state index contributed by atoms with van der Waals surface area (Å²) in [7, 11) is 1.29. The van der Waals surface area contributed by atoms with Gasteiger partial charge in [-0.3, -0.25) is 4.79 Å². The lowest BCUT2D eigenvalue weighted by molar-refractivity contribution is 0.0113. The summed E-state index contributed by atoms with van der Waals surface area (Å²) in [6.45, 7) is 0.319. The molecule has 0 aromatic carbocycles. The Kier molecular flexibility index (Phi) is 3.34. The molecule has 20 heavy (non-hydrogen) atoms. The van der Waals surface area contributed by atoms with Crippen LogP contribution in [0.3, 0.4) is 0 Å². The minimum Gasteiger partial charge on any atom is -0.394 e. The number of nitriles is 1. The molecule has 0 spiro atoms. The second-order valence-corrected chi connectivity index (χ2v) is 4.72. The van der Waals surface area contributed by atoms with Gasteiger partial charge in [0.15, 0.2) is 5.82 Å². The highest BCUT2D eigenvalue weighted by molar-refractivity contribution is 6.50. The van der Waals surface area contributed by atoms with Crippen molar-refractivity contribution in [1.82, 2.24) is 9.97 Å². The van der Waals surface area contributed by atoms with E-state index in [1.165, 1.54) is 13.7 Å². The first-order chi connectivity index (χ1) is 9.74. The van der Waals surface area contributed by atoms with E-state index in [4.69, 9.17) is 15.1 Å². The maximum atomic E-state index is 11.9. The molecular formula is C11H13BN5O3. The molecule has 2 aliphatic heterocycles. The van der Waals surface area contributed by atoms with E-state index in [0.717, 1.165) is 12.8 Å². The number of nitrogens with zero attached hydrogens (tertiary/aromatic N) is 4. The Morgan fingerprint density at radius 3 is 3.20 bits per heavy atom. The average Bonchev–Trinajstić information content (AvgIpc) is 3.04. The summed E-state index contributed by atoms with van der Waals surface area (Å²) in [6, 6.07) is 0. The Bertz CT molecular complexity index is 600. The maximum Gasteiger partial charge on any atom is 0.388 e. The number of aromatic nitrogens is 2. The van der Waals surface area contributed by atoms with Crippen LogP contribution in [0.15, 0.2) is 11.1 Å². The van der Waals surface area contributed by atoms with Crippen LogP contribution in [-0.4, -0.2) is 48.1 Å². The molecule has 0 aliphatic carbocycles. The maximum absolute atomic E-state index is 11.9. The minimum absolute atomic E-state index is 0.0198. The molecule has 0 saturated carbocycles. The summed E-state index contributed by atoms with van der Waals surface area (Å²) in [4.78, 5) is 22.0. The van der Waals surface area contributed by atoms with Crippen LogP contribution in [0.5, 0.6) is 0 Å². The minimum atomic E-state index is -0.291. The number of aromatic amines is 1. The van der Waals surface area contributed by atoms with Gasteiger partial charge in [-0.05, 0) is 12.8 Å². The number of hydrogen-bond donors (Lipinski definition) is 2. The van der Waals surface area contributed by atoms with Gasteiger partial charge < -0.3 is 24.5 Å². The van der Waals surface area contributed by atoms with Crippen molar-refractivity contribution < 1.29 is 9.84 Å². The number of hydrogen-bond acceptors (Lipinski definition) is 7. The van der Waals surface area contributed by atoms with Crippen molar-refractivity contribution in [2.45, 2.75) is 25.2 Å². The van der Waals surface area contributed by atoms with Crippen LogP contribution < -0.4 is 15.3 Å². The summed E-state index contributed by atoms with van der Waals surface area (Å²) >= 11 is 0. The van der Waals surface area contributed by atoms with Gasteiger partial charge in [-0.15, -0.1) is 0 Å². The number of aliphatic hydroxyl groups excluding tert-OH is 1. The first-order valence-corrected chi connectivity index (χ1v) is 6.35. The highest BCUT2D eigenvalue weighted by Crippen LogP contribution is 2.35. The van der Waals surface area contributed by atoms with Crippen molar-refractivity contribution in [2.24, 2.45) is 0 Å². The van der Waals surface area contributed by atoms with Crippen molar-refractivity contribution in [3.63, 3.8) is 0 Å². The lowest BCUT2D eigenvalue weighted by Gasteiger charge is -2.25. The molecule has 1 radical (unpaired) electrons. The van der Waals surface area contributed by atoms with Crippen LogP contribution in [0.1, 0.15) is 12.8 Å². The van der Waals surface area contributed by atoms with E-state index in [9.17, 15) is 4.79 Å². The Morgan fingerprint density at radius 1 is 1.65 bits per heavy atom. The highest BCUT2D eigenvalue weighted by Gasteiger charge is 2.38. The van der Waals surface area contributed by atoms with Crippen molar-refractivity contribution in [3.8, 4) is 5.97 Å². The van der Waals surface area contributed by atoms with Gasteiger partial charge in [-0.2, -0.15) is 0 Å². The zero-order valence-corrected chi connectivity index (χ0v) is 10.7. The molecule has 1 aromatic rings. The fraction of sp³-hybridized carbons (Fsp3) is 0.545. The quantitative estimate of drug-likeness (QED) is 0.677. The molecule has 3 heterocycles. The lowest BCUT2D eigenvalue weighted by Crippen LogP contribution is -2.40. The van der Waals surface area contributed by atoms with Crippen LogP contribution >= 0.6 is 0 Å². The summed E-state index contributed by atoms with van der Waals surface area (Å²) in [5.74, 6) is 2.43. The van der Waals surface area contributed by atoms with Crippen molar-refractivity contribution in [3.05, 3.63) is 16.7 Å². The van der Waals surface area contributed by atoms with Gasteiger partial charge in [-0.25, -0.2) is 10.2 Å². The number of ether oxygens (including phenoxy) is 1. The Hall–Kier alpha value is -2.05. The number of H-pyrrole nitrogens is 1. The zero-order chi connectivity index (χ0) is 14.1. The van der Waals surface area contributed by atoms with Crippen LogP contribution in [0.25, 0.3) is 0 Å². The predicted octanol–water partition coefficient (Wildman–Crippen LogP) is -1.05. The van der Waals surface area contributed by atoms with Gasteiger partial charge in [0.1, 0.15) is 11.9 Å². The molecule has 103 valence electrons. The number of aliphatic hydroxyl groups is 1. The molecule has 8 nitrogen and oxygen atoms in total. The zero-order valence-electron chi connectivity index (χ0n) is 10.7. The van der Waals surface area contributed by atoms with Gasteiger partial charge in [0.25, 0.3) is 5.56 Å². The smallest absolute Gasteiger partial charge is 0.388 e. The molecule has 1 fully saturated rings. The molecule has 0 unspecified atom stereocenters. The van der Waals surface area contributed by atoms with E-state index in [-0.39, 0.29) is 24.5 Å². The molecule has 2 atom stereocenters. The molecule has 2 N–H and O–H groups in total.